The third kappa shape index (κ3) is 2.49. The minimum absolute atomic E-state index is 0.236. The van der Waals surface area contributed by atoms with Crippen molar-refractivity contribution in [1.29, 1.82) is 0 Å². The molecule has 0 spiro atoms. The Morgan fingerprint density at radius 1 is 1.47 bits per heavy atom. The van der Waals surface area contributed by atoms with Gasteiger partial charge in [-0.2, -0.15) is 0 Å². The number of hydrogen-bond acceptors (Lipinski definition) is 3. The summed E-state index contributed by atoms with van der Waals surface area (Å²) >= 11 is 6.05. The van der Waals surface area contributed by atoms with Crippen LogP contribution in [0.5, 0.6) is 0 Å². The van der Waals surface area contributed by atoms with E-state index in [1.54, 1.807) is 31.2 Å². The van der Waals surface area contributed by atoms with Crippen LogP contribution in [0, 0.1) is 0 Å². The third-order valence-electron chi connectivity index (χ3n) is 2.05. The lowest BCUT2D eigenvalue weighted by Crippen LogP contribution is -2.35. The highest BCUT2D eigenvalue weighted by molar-refractivity contribution is 6.34. The molecule has 4 heteroatoms. The highest BCUT2D eigenvalue weighted by atomic mass is 35.5. The van der Waals surface area contributed by atoms with Crippen LogP contribution in [0.3, 0.4) is 0 Å². The van der Waals surface area contributed by atoms with E-state index in [2.05, 4.69) is 0 Å². The van der Waals surface area contributed by atoms with Crippen molar-refractivity contribution in [1.82, 2.24) is 0 Å². The molecule has 0 unspecified atom stereocenters. The van der Waals surface area contributed by atoms with Crippen LogP contribution >= 0.6 is 11.6 Å². The lowest BCUT2D eigenvalue weighted by Gasteiger charge is -2.22. The highest BCUT2D eigenvalue weighted by Gasteiger charge is 2.39. The second-order valence-corrected chi connectivity index (χ2v) is 3.69. The molecule has 0 fully saturated rings. The van der Waals surface area contributed by atoms with Gasteiger partial charge in [0.25, 0.3) is 0 Å². The molecule has 0 aromatic heterocycles. The first-order valence-electron chi connectivity index (χ1n) is 4.67. The second-order valence-electron chi connectivity index (χ2n) is 3.05. The molecule has 1 N–H and O–H groups in total. The normalized spacial score (nSPS) is 14.3. The topological polar surface area (TPSA) is 46.5 Å². The molecule has 0 bridgehead atoms. The molecule has 0 radical (unpaired) electrons. The largest absolute Gasteiger partial charge is 0.464 e. The monoisotopic (exact) mass is 228 g/mol. The van der Waals surface area contributed by atoms with Gasteiger partial charge < -0.3 is 9.84 Å². The molecule has 0 aliphatic rings. The Morgan fingerprint density at radius 2 is 2.07 bits per heavy atom. The zero-order valence-electron chi connectivity index (χ0n) is 8.44. The molecule has 0 saturated carbocycles. The molecule has 0 aliphatic heterocycles. The van der Waals surface area contributed by atoms with Gasteiger partial charge in [-0.1, -0.05) is 41.9 Å². The number of esters is 1. The summed E-state index contributed by atoms with van der Waals surface area (Å²) in [6.07, 6.45) is 0. The van der Waals surface area contributed by atoms with Gasteiger partial charge in [0.05, 0.1) is 13.2 Å². The number of halogens is 1. The van der Waals surface area contributed by atoms with Crippen molar-refractivity contribution in [2.24, 2.45) is 0 Å². The number of hydrogen-bond donors (Lipinski definition) is 1. The first-order chi connectivity index (χ1) is 7.15. The number of alkyl halides is 1. The molecule has 15 heavy (non-hydrogen) atoms. The lowest BCUT2D eigenvalue weighted by molar-refractivity contribution is -0.147. The fraction of sp³-hybridized carbons (Fsp3) is 0.364. The summed E-state index contributed by atoms with van der Waals surface area (Å²) in [4.78, 5) is 10.1. The Bertz CT molecular complexity index is 326. The first-order valence-corrected chi connectivity index (χ1v) is 5.05. The van der Waals surface area contributed by atoms with Crippen LogP contribution in [0.25, 0.3) is 0 Å². The number of aliphatic hydroxyl groups excluding tert-OH is 1. The van der Waals surface area contributed by atoms with Crippen molar-refractivity contribution in [2.75, 3.05) is 13.2 Å². The van der Waals surface area contributed by atoms with Crippen LogP contribution in [-0.2, 0) is 14.4 Å². The minimum Gasteiger partial charge on any atom is -0.464 e. The molecule has 82 valence electrons. The van der Waals surface area contributed by atoms with Crippen molar-refractivity contribution >= 4 is 17.6 Å². The molecule has 3 nitrogen and oxygen atoms in total. The zero-order chi connectivity index (χ0) is 11.3. The number of ether oxygens (including phenoxy) is 1. The predicted octanol–water partition coefficient (Wildman–Crippen LogP) is 1.68. The Hall–Kier alpha value is -1.06. The van der Waals surface area contributed by atoms with E-state index in [0.717, 1.165) is 0 Å². The standard InChI is InChI=1S/C11H13ClO3/c1-2-15-10(14)11(12,8-13)9-6-4-3-5-7-9/h3-7,13H,2,8H2,1H3/t11-/m1/s1. The molecule has 1 aromatic rings. The maximum Gasteiger partial charge on any atom is 0.334 e. The van der Waals surface area contributed by atoms with Crippen molar-refractivity contribution in [3.8, 4) is 0 Å². The second kappa shape index (κ2) is 5.14. The summed E-state index contributed by atoms with van der Waals surface area (Å²) in [6, 6.07) is 8.67. The van der Waals surface area contributed by atoms with Gasteiger partial charge >= 0.3 is 5.97 Å². The predicted molar refractivity (Wildman–Crippen MR) is 57.7 cm³/mol. The summed E-state index contributed by atoms with van der Waals surface area (Å²) in [6.45, 7) is 1.44. The molecular formula is C11H13ClO3. The third-order valence-corrected chi connectivity index (χ3v) is 2.54. The van der Waals surface area contributed by atoms with E-state index in [4.69, 9.17) is 16.3 Å². The van der Waals surface area contributed by atoms with E-state index in [1.807, 2.05) is 6.07 Å². The fourth-order valence-corrected chi connectivity index (χ4v) is 1.40. The Kier molecular flexibility index (Phi) is 4.12. The summed E-state index contributed by atoms with van der Waals surface area (Å²) in [5, 5.41) is 9.20. The Labute approximate surface area is 93.6 Å². The van der Waals surface area contributed by atoms with E-state index in [1.165, 1.54) is 0 Å². The number of rotatable bonds is 4. The van der Waals surface area contributed by atoms with E-state index in [0.29, 0.717) is 5.56 Å². The van der Waals surface area contributed by atoms with Crippen LogP contribution in [-0.4, -0.2) is 24.3 Å². The molecule has 0 aliphatic carbocycles. The quantitative estimate of drug-likeness (QED) is 0.630. The molecular weight excluding hydrogens is 216 g/mol. The smallest absolute Gasteiger partial charge is 0.334 e. The Morgan fingerprint density at radius 3 is 2.53 bits per heavy atom. The van der Waals surface area contributed by atoms with E-state index in [-0.39, 0.29) is 6.61 Å². The number of aliphatic hydroxyl groups is 1. The maximum absolute atomic E-state index is 11.6. The molecule has 1 rings (SSSR count). The Balaban J connectivity index is 3.00. The molecule has 0 saturated heterocycles. The van der Waals surface area contributed by atoms with Gasteiger partial charge in [0.2, 0.25) is 0 Å². The average Bonchev–Trinajstić information content (AvgIpc) is 2.29. The van der Waals surface area contributed by atoms with Gasteiger partial charge in [0, 0.05) is 0 Å². The average molecular weight is 229 g/mol. The van der Waals surface area contributed by atoms with E-state index >= 15 is 0 Å². The van der Waals surface area contributed by atoms with Gasteiger partial charge in [0.1, 0.15) is 0 Å². The van der Waals surface area contributed by atoms with E-state index in [9.17, 15) is 9.90 Å². The number of carbonyl (C=O) groups excluding carboxylic acids is 1. The van der Waals surface area contributed by atoms with Crippen LogP contribution < -0.4 is 0 Å². The molecule has 1 atom stereocenters. The molecule has 0 amide bonds. The SMILES string of the molecule is CCOC(=O)[C@@](Cl)(CO)c1ccccc1. The zero-order valence-corrected chi connectivity index (χ0v) is 9.20. The van der Waals surface area contributed by atoms with Gasteiger partial charge in [-0.3, -0.25) is 0 Å². The lowest BCUT2D eigenvalue weighted by atomic mass is 9.99. The van der Waals surface area contributed by atoms with Gasteiger partial charge in [0.15, 0.2) is 4.87 Å². The summed E-state index contributed by atoms with van der Waals surface area (Å²) in [7, 11) is 0. The number of carbonyl (C=O) groups is 1. The van der Waals surface area contributed by atoms with Crippen molar-refractivity contribution in [2.45, 2.75) is 11.8 Å². The highest BCUT2D eigenvalue weighted by Crippen LogP contribution is 2.29. The van der Waals surface area contributed by atoms with Crippen LogP contribution in [0.1, 0.15) is 12.5 Å². The fourth-order valence-electron chi connectivity index (χ4n) is 1.22. The maximum atomic E-state index is 11.6. The van der Waals surface area contributed by atoms with Gasteiger partial charge in [-0.05, 0) is 12.5 Å². The minimum atomic E-state index is -1.49. The summed E-state index contributed by atoms with van der Waals surface area (Å²) < 4.78 is 4.82. The van der Waals surface area contributed by atoms with E-state index < -0.39 is 17.5 Å². The molecule has 1 aromatic carbocycles. The van der Waals surface area contributed by atoms with Gasteiger partial charge in [-0.15, -0.1) is 0 Å². The number of benzene rings is 1. The van der Waals surface area contributed by atoms with Crippen LogP contribution in [0.15, 0.2) is 30.3 Å². The molecule has 0 heterocycles. The van der Waals surface area contributed by atoms with Crippen molar-refractivity contribution < 1.29 is 14.6 Å². The van der Waals surface area contributed by atoms with Gasteiger partial charge in [-0.25, -0.2) is 4.79 Å². The van der Waals surface area contributed by atoms with Crippen molar-refractivity contribution in [3.63, 3.8) is 0 Å². The van der Waals surface area contributed by atoms with Crippen molar-refractivity contribution in [3.05, 3.63) is 35.9 Å². The summed E-state index contributed by atoms with van der Waals surface area (Å²) in [5.41, 5.74) is 0.535. The van der Waals surface area contributed by atoms with Crippen LogP contribution in [0.4, 0.5) is 0 Å². The summed E-state index contributed by atoms with van der Waals surface area (Å²) in [5.74, 6) is -0.625. The van der Waals surface area contributed by atoms with Crippen LogP contribution in [0.2, 0.25) is 0 Å². The first kappa shape index (κ1) is 12.0.